The third-order valence-electron chi connectivity index (χ3n) is 17.0. The van der Waals surface area contributed by atoms with Gasteiger partial charge in [0.15, 0.2) is 0 Å². The Labute approximate surface area is 422 Å². The van der Waals surface area contributed by atoms with Gasteiger partial charge in [-0.3, -0.25) is 0 Å². The van der Waals surface area contributed by atoms with Crippen LogP contribution in [0.3, 0.4) is 0 Å². The second-order valence-electron chi connectivity index (χ2n) is 20.7. The molecular weight excluding hydrogens is 867 g/mol. The van der Waals surface area contributed by atoms with E-state index in [1.807, 2.05) is 0 Å². The Bertz CT molecular complexity index is 3920. The summed E-state index contributed by atoms with van der Waals surface area (Å²) in [6, 6.07) is 98.5. The number of anilines is 3. The van der Waals surface area contributed by atoms with Gasteiger partial charge in [-0.1, -0.05) is 238 Å². The highest BCUT2D eigenvalue weighted by Gasteiger charge is 2.53. The van der Waals surface area contributed by atoms with Crippen LogP contribution in [0.5, 0.6) is 0 Å². The SMILES string of the molecule is CC1(C)c2ccccc2-c2ccc(-c3ccc(N(c4ccc5c(c4)C(c4ccccc4)(c4ccccc4)c4ccccc4-5)c4cccc5c4-c4ccccc4C54c5ccccc5-c5ccccc54)cc3)cc21. The fourth-order valence-electron chi connectivity index (χ4n) is 14.0. The molecule has 1 nitrogen and oxygen atoms in total. The van der Waals surface area contributed by atoms with E-state index in [4.69, 9.17) is 0 Å². The van der Waals surface area contributed by atoms with Crippen molar-refractivity contribution in [3.8, 4) is 55.6 Å². The lowest BCUT2D eigenvalue weighted by Gasteiger charge is -2.35. The molecule has 0 saturated heterocycles. The van der Waals surface area contributed by atoms with Crippen LogP contribution < -0.4 is 4.90 Å². The van der Waals surface area contributed by atoms with Crippen molar-refractivity contribution in [2.24, 2.45) is 0 Å². The first-order valence-electron chi connectivity index (χ1n) is 25.4. The van der Waals surface area contributed by atoms with Crippen LogP contribution in [-0.2, 0) is 16.2 Å². The Hall–Kier alpha value is -8.78. The van der Waals surface area contributed by atoms with Crippen molar-refractivity contribution in [3.05, 3.63) is 316 Å². The second kappa shape index (κ2) is 15.1. The Kier molecular flexibility index (Phi) is 8.62. The molecule has 0 unspecified atom stereocenters. The largest absolute Gasteiger partial charge is 0.310 e. The van der Waals surface area contributed by atoms with Gasteiger partial charge in [-0.15, -0.1) is 0 Å². The molecule has 0 radical (unpaired) electrons. The van der Waals surface area contributed by atoms with Crippen molar-refractivity contribution in [1.82, 2.24) is 0 Å². The van der Waals surface area contributed by atoms with E-state index in [9.17, 15) is 0 Å². The van der Waals surface area contributed by atoms with Crippen molar-refractivity contribution in [2.45, 2.75) is 30.1 Å². The van der Waals surface area contributed by atoms with Crippen molar-refractivity contribution in [1.29, 1.82) is 0 Å². The van der Waals surface area contributed by atoms with E-state index >= 15 is 0 Å². The van der Waals surface area contributed by atoms with Crippen LogP contribution in [0.15, 0.2) is 261 Å². The molecule has 1 heteroatoms. The van der Waals surface area contributed by atoms with Gasteiger partial charge in [0, 0.05) is 22.4 Å². The number of hydrogen-bond donors (Lipinski definition) is 0. The lowest BCUT2D eigenvalue weighted by Crippen LogP contribution is -2.28. The van der Waals surface area contributed by atoms with Gasteiger partial charge in [0.1, 0.15) is 0 Å². The minimum atomic E-state index is -0.548. The second-order valence-corrected chi connectivity index (χ2v) is 20.7. The van der Waals surface area contributed by atoms with Gasteiger partial charge in [-0.25, -0.2) is 0 Å². The zero-order valence-electron chi connectivity index (χ0n) is 40.3. The van der Waals surface area contributed by atoms with E-state index in [0.717, 1.165) is 17.1 Å². The van der Waals surface area contributed by atoms with Crippen LogP contribution in [0, 0.1) is 0 Å². The molecule has 0 heterocycles. The predicted octanol–water partition coefficient (Wildman–Crippen LogP) is 17.8. The summed E-state index contributed by atoms with van der Waals surface area (Å²) in [7, 11) is 0. The number of rotatable bonds is 6. The molecule has 0 atom stereocenters. The molecule has 0 aliphatic heterocycles. The molecule has 0 saturated carbocycles. The van der Waals surface area contributed by atoms with E-state index in [1.54, 1.807) is 0 Å². The highest BCUT2D eigenvalue weighted by Crippen LogP contribution is 2.65. The normalized spacial score (nSPS) is 14.9. The monoisotopic (exact) mass is 915 g/mol. The molecule has 72 heavy (non-hydrogen) atoms. The topological polar surface area (TPSA) is 3.24 Å². The summed E-state index contributed by atoms with van der Waals surface area (Å²) >= 11 is 0. The molecule has 4 aliphatic carbocycles. The lowest BCUT2D eigenvalue weighted by molar-refractivity contribution is 0.660. The molecule has 4 aliphatic rings. The summed E-state index contributed by atoms with van der Waals surface area (Å²) < 4.78 is 0. The number of hydrogen-bond acceptors (Lipinski definition) is 1. The summed E-state index contributed by atoms with van der Waals surface area (Å²) in [5, 5.41) is 0. The molecule has 0 fully saturated rings. The fourth-order valence-corrected chi connectivity index (χ4v) is 14.0. The van der Waals surface area contributed by atoms with E-state index in [2.05, 4.69) is 280 Å². The fraction of sp³-hybridized carbons (Fsp3) is 0.0704. The van der Waals surface area contributed by atoms with Gasteiger partial charge in [0.05, 0.1) is 16.5 Å². The zero-order chi connectivity index (χ0) is 47.8. The minimum absolute atomic E-state index is 0.0810. The van der Waals surface area contributed by atoms with E-state index < -0.39 is 10.8 Å². The van der Waals surface area contributed by atoms with Crippen LogP contribution in [0.1, 0.15) is 69.5 Å². The summed E-state index contributed by atoms with van der Waals surface area (Å²) in [6.07, 6.45) is 0. The molecule has 15 rings (SSSR count). The van der Waals surface area contributed by atoms with Crippen LogP contribution in [0.2, 0.25) is 0 Å². The maximum absolute atomic E-state index is 2.55. The molecule has 0 bridgehead atoms. The molecule has 338 valence electrons. The molecule has 11 aromatic rings. The molecule has 0 amide bonds. The molecule has 1 spiro atoms. The van der Waals surface area contributed by atoms with Crippen molar-refractivity contribution >= 4 is 17.1 Å². The van der Waals surface area contributed by atoms with Crippen molar-refractivity contribution in [2.75, 3.05) is 4.90 Å². The first-order valence-corrected chi connectivity index (χ1v) is 25.4. The van der Waals surface area contributed by atoms with Gasteiger partial charge in [0.25, 0.3) is 0 Å². The first-order chi connectivity index (χ1) is 35.5. The van der Waals surface area contributed by atoms with E-state index in [0.29, 0.717) is 0 Å². The van der Waals surface area contributed by atoms with Gasteiger partial charge < -0.3 is 4.90 Å². The van der Waals surface area contributed by atoms with Crippen LogP contribution in [-0.4, -0.2) is 0 Å². The van der Waals surface area contributed by atoms with Crippen LogP contribution in [0.25, 0.3) is 55.6 Å². The number of fused-ring (bicyclic) bond motifs is 16. The number of benzene rings is 11. The summed E-state index contributed by atoms with van der Waals surface area (Å²) in [6.45, 7) is 4.73. The average Bonchev–Trinajstić information content (AvgIpc) is 4.11. The third-order valence-corrected chi connectivity index (χ3v) is 17.0. The Morgan fingerprint density at radius 1 is 0.264 bits per heavy atom. The van der Waals surface area contributed by atoms with Crippen molar-refractivity contribution < 1.29 is 0 Å². The van der Waals surface area contributed by atoms with Gasteiger partial charge in [-0.2, -0.15) is 0 Å². The van der Waals surface area contributed by atoms with E-state index in [1.165, 1.54) is 111 Å². The average molecular weight is 916 g/mol. The maximum Gasteiger partial charge on any atom is 0.0726 e. The highest BCUT2D eigenvalue weighted by molar-refractivity contribution is 6.02. The summed E-state index contributed by atoms with van der Waals surface area (Å²) in [4.78, 5) is 2.55. The quantitative estimate of drug-likeness (QED) is 0.161. The molecular formula is C71H49N. The zero-order valence-corrected chi connectivity index (χ0v) is 40.3. The van der Waals surface area contributed by atoms with Gasteiger partial charge in [-0.05, 0) is 142 Å². The summed E-state index contributed by atoms with van der Waals surface area (Å²) in [5.74, 6) is 0. The third kappa shape index (κ3) is 5.32. The predicted molar refractivity (Wildman–Crippen MR) is 298 cm³/mol. The maximum atomic E-state index is 2.55. The van der Waals surface area contributed by atoms with E-state index in [-0.39, 0.29) is 5.41 Å². The smallest absolute Gasteiger partial charge is 0.0726 e. The molecule has 0 N–H and O–H groups in total. The highest BCUT2D eigenvalue weighted by atomic mass is 15.1. The standard InChI is InChI=1S/C71H49N/c1-69(2)59-29-14-9-24-52(59)56-42-38-47(44-65(56)69)46-36-39-50(40-37-46)72(51-41-43-57-55-27-10-15-30-60(55)70(66(57)45-51,48-20-5-3-6-21-48)49-22-7-4-8-23-49)67-35-19-34-64-68(67)58-28-13-18-33-63(58)71(64)61-31-16-11-25-53(61)54-26-12-17-32-62(54)71/h3-45H,1-2H3. The van der Waals surface area contributed by atoms with Crippen LogP contribution in [0.4, 0.5) is 17.1 Å². The van der Waals surface area contributed by atoms with Crippen molar-refractivity contribution in [3.63, 3.8) is 0 Å². The Balaban J connectivity index is 0.978. The molecule has 11 aromatic carbocycles. The minimum Gasteiger partial charge on any atom is -0.310 e. The summed E-state index contributed by atoms with van der Waals surface area (Å²) in [5.41, 5.74) is 28.3. The van der Waals surface area contributed by atoms with Crippen LogP contribution >= 0.6 is 0 Å². The Morgan fingerprint density at radius 2 is 0.681 bits per heavy atom. The van der Waals surface area contributed by atoms with Gasteiger partial charge in [0.2, 0.25) is 0 Å². The first kappa shape index (κ1) is 41.0. The number of nitrogens with zero attached hydrogens (tertiary/aromatic N) is 1. The van der Waals surface area contributed by atoms with Gasteiger partial charge >= 0.3 is 0 Å². The molecule has 0 aromatic heterocycles. The Morgan fingerprint density at radius 3 is 1.28 bits per heavy atom. The lowest BCUT2D eigenvalue weighted by atomic mass is 9.67.